The second-order valence-corrected chi connectivity index (χ2v) is 4.42. The predicted molar refractivity (Wildman–Crippen MR) is 76.5 cm³/mol. The number of anilines is 1. The van der Waals surface area contributed by atoms with Crippen LogP contribution in [0.3, 0.4) is 0 Å². The van der Waals surface area contributed by atoms with Crippen LogP contribution < -0.4 is 11.4 Å². The molecule has 2 aromatic carbocycles. The molecule has 3 aromatic rings. The minimum atomic E-state index is -0.359. The number of aromatic nitrogens is 2. The number of fused-ring (bicyclic) bond motifs is 1. The molecule has 0 aliphatic rings. The summed E-state index contributed by atoms with van der Waals surface area (Å²) in [5, 5.41) is 0.825. The third-order valence-corrected chi connectivity index (χ3v) is 3.17. The molecule has 0 fully saturated rings. The standard InChI is InChI=1S/C15H13N3O/c1-10-6-5-9-12-13(10)14(16)17-15(19)18(12)11-7-3-2-4-8-11/h2-9H,1H3,(H2,16,17,19). The van der Waals surface area contributed by atoms with E-state index in [-0.39, 0.29) is 11.5 Å². The molecule has 0 bridgehead atoms. The van der Waals surface area contributed by atoms with Gasteiger partial charge in [0.25, 0.3) is 0 Å². The SMILES string of the molecule is Cc1cccc2c1c(N)nc(=O)n2-c1ccccc1. The maximum atomic E-state index is 12.1. The third-order valence-electron chi connectivity index (χ3n) is 3.17. The first-order valence-corrected chi connectivity index (χ1v) is 6.02. The molecule has 19 heavy (non-hydrogen) atoms. The monoisotopic (exact) mass is 251 g/mol. The summed E-state index contributed by atoms with van der Waals surface area (Å²) in [5.41, 5.74) is 8.10. The Labute approximate surface area is 110 Å². The van der Waals surface area contributed by atoms with Gasteiger partial charge in [0, 0.05) is 5.39 Å². The second kappa shape index (κ2) is 4.24. The minimum Gasteiger partial charge on any atom is -0.383 e. The van der Waals surface area contributed by atoms with Crippen LogP contribution in [0.4, 0.5) is 5.82 Å². The van der Waals surface area contributed by atoms with E-state index in [9.17, 15) is 4.79 Å². The molecule has 94 valence electrons. The van der Waals surface area contributed by atoms with Crippen molar-refractivity contribution in [1.29, 1.82) is 0 Å². The van der Waals surface area contributed by atoms with Crippen molar-refractivity contribution in [3.05, 3.63) is 64.6 Å². The maximum Gasteiger partial charge on any atom is 0.354 e. The van der Waals surface area contributed by atoms with Crippen LogP contribution in [0.5, 0.6) is 0 Å². The van der Waals surface area contributed by atoms with Crippen LogP contribution in [-0.2, 0) is 0 Å². The van der Waals surface area contributed by atoms with Crippen molar-refractivity contribution in [1.82, 2.24) is 9.55 Å². The summed E-state index contributed by atoms with van der Waals surface area (Å²) in [6.45, 7) is 1.96. The topological polar surface area (TPSA) is 60.9 Å². The van der Waals surface area contributed by atoms with E-state index >= 15 is 0 Å². The zero-order valence-electron chi connectivity index (χ0n) is 10.5. The third kappa shape index (κ3) is 1.78. The van der Waals surface area contributed by atoms with Gasteiger partial charge in [-0.2, -0.15) is 4.98 Å². The number of rotatable bonds is 1. The number of nitrogens with zero attached hydrogens (tertiary/aromatic N) is 2. The molecule has 0 saturated heterocycles. The molecule has 0 aliphatic heterocycles. The van der Waals surface area contributed by atoms with Crippen LogP contribution in [0.2, 0.25) is 0 Å². The van der Waals surface area contributed by atoms with Gasteiger partial charge in [-0.25, -0.2) is 4.79 Å². The average molecular weight is 251 g/mol. The van der Waals surface area contributed by atoms with Gasteiger partial charge in [-0.15, -0.1) is 0 Å². The van der Waals surface area contributed by atoms with Crippen LogP contribution in [0.15, 0.2) is 53.3 Å². The lowest BCUT2D eigenvalue weighted by Gasteiger charge is -2.12. The highest BCUT2D eigenvalue weighted by molar-refractivity contribution is 5.92. The van der Waals surface area contributed by atoms with Crippen LogP contribution in [0.1, 0.15) is 5.56 Å². The second-order valence-electron chi connectivity index (χ2n) is 4.42. The van der Waals surface area contributed by atoms with Gasteiger partial charge < -0.3 is 5.73 Å². The Bertz CT molecular complexity index is 807. The van der Waals surface area contributed by atoms with Crippen LogP contribution >= 0.6 is 0 Å². The molecular formula is C15H13N3O. The zero-order chi connectivity index (χ0) is 13.4. The molecule has 4 nitrogen and oxygen atoms in total. The fraction of sp³-hybridized carbons (Fsp3) is 0.0667. The van der Waals surface area contributed by atoms with E-state index in [2.05, 4.69) is 4.98 Å². The Hall–Kier alpha value is -2.62. The summed E-state index contributed by atoms with van der Waals surface area (Å²) in [4.78, 5) is 16.1. The number of para-hydroxylation sites is 1. The zero-order valence-corrected chi connectivity index (χ0v) is 10.5. The van der Waals surface area contributed by atoms with E-state index in [1.54, 1.807) is 4.57 Å². The lowest BCUT2D eigenvalue weighted by atomic mass is 10.1. The molecule has 2 N–H and O–H groups in total. The molecule has 1 heterocycles. The predicted octanol–water partition coefficient (Wildman–Crippen LogP) is 2.28. The summed E-state index contributed by atoms with van der Waals surface area (Å²) in [6.07, 6.45) is 0. The molecule has 0 spiro atoms. The fourth-order valence-corrected chi connectivity index (χ4v) is 2.31. The summed E-state index contributed by atoms with van der Waals surface area (Å²) < 4.78 is 1.58. The van der Waals surface area contributed by atoms with Crippen molar-refractivity contribution in [2.45, 2.75) is 6.92 Å². The van der Waals surface area contributed by atoms with Gasteiger partial charge in [-0.1, -0.05) is 30.3 Å². The Balaban J connectivity index is 2.50. The lowest BCUT2D eigenvalue weighted by Crippen LogP contribution is -2.23. The van der Waals surface area contributed by atoms with Gasteiger partial charge in [0.15, 0.2) is 0 Å². The lowest BCUT2D eigenvalue weighted by molar-refractivity contribution is 0.964. The van der Waals surface area contributed by atoms with E-state index in [0.717, 1.165) is 22.2 Å². The molecule has 3 rings (SSSR count). The number of hydrogen-bond acceptors (Lipinski definition) is 3. The summed E-state index contributed by atoms with van der Waals surface area (Å²) in [7, 11) is 0. The smallest absolute Gasteiger partial charge is 0.354 e. The molecule has 0 aliphatic carbocycles. The van der Waals surface area contributed by atoms with Gasteiger partial charge in [-0.3, -0.25) is 4.57 Å². The number of nitrogen functional groups attached to an aromatic ring is 1. The molecule has 0 amide bonds. The highest BCUT2D eigenvalue weighted by Crippen LogP contribution is 2.23. The molecule has 0 unspecified atom stereocenters. The van der Waals surface area contributed by atoms with Gasteiger partial charge in [0.2, 0.25) is 0 Å². The van der Waals surface area contributed by atoms with Crippen molar-refractivity contribution < 1.29 is 0 Å². The largest absolute Gasteiger partial charge is 0.383 e. The van der Waals surface area contributed by atoms with E-state index in [4.69, 9.17) is 5.73 Å². The van der Waals surface area contributed by atoms with Gasteiger partial charge >= 0.3 is 5.69 Å². The summed E-state index contributed by atoms with van der Waals surface area (Å²) >= 11 is 0. The van der Waals surface area contributed by atoms with Crippen LogP contribution in [0.25, 0.3) is 16.6 Å². The van der Waals surface area contributed by atoms with E-state index < -0.39 is 0 Å². The van der Waals surface area contributed by atoms with Crippen LogP contribution in [-0.4, -0.2) is 9.55 Å². The highest BCUT2D eigenvalue weighted by Gasteiger charge is 2.11. The molecule has 4 heteroatoms. The van der Waals surface area contributed by atoms with Gasteiger partial charge in [0.05, 0.1) is 11.2 Å². The highest BCUT2D eigenvalue weighted by atomic mass is 16.1. The van der Waals surface area contributed by atoms with E-state index in [1.165, 1.54) is 0 Å². The number of aryl methyl sites for hydroxylation is 1. The van der Waals surface area contributed by atoms with Gasteiger partial charge in [0.1, 0.15) is 5.82 Å². The van der Waals surface area contributed by atoms with Crippen molar-refractivity contribution >= 4 is 16.7 Å². The summed E-state index contributed by atoms with van der Waals surface area (Å²) in [6, 6.07) is 15.2. The Morgan fingerprint density at radius 1 is 1.05 bits per heavy atom. The van der Waals surface area contributed by atoms with Crippen molar-refractivity contribution in [3.8, 4) is 5.69 Å². The van der Waals surface area contributed by atoms with Crippen molar-refractivity contribution in [2.24, 2.45) is 0 Å². The fourth-order valence-electron chi connectivity index (χ4n) is 2.31. The normalized spacial score (nSPS) is 10.8. The Morgan fingerprint density at radius 3 is 2.53 bits per heavy atom. The molecule has 1 aromatic heterocycles. The molecule has 0 radical (unpaired) electrons. The Kier molecular flexibility index (Phi) is 2.56. The minimum absolute atomic E-state index is 0.283. The first kappa shape index (κ1) is 11.5. The summed E-state index contributed by atoms with van der Waals surface area (Å²) in [5.74, 6) is 0.283. The number of nitrogens with two attached hydrogens (primary N) is 1. The number of benzene rings is 2. The van der Waals surface area contributed by atoms with E-state index in [1.807, 2.05) is 55.5 Å². The van der Waals surface area contributed by atoms with Crippen molar-refractivity contribution in [2.75, 3.05) is 5.73 Å². The first-order chi connectivity index (χ1) is 9.18. The Morgan fingerprint density at radius 2 is 1.79 bits per heavy atom. The molecule has 0 saturated carbocycles. The number of hydrogen-bond donors (Lipinski definition) is 1. The van der Waals surface area contributed by atoms with Crippen LogP contribution in [0, 0.1) is 6.92 Å². The first-order valence-electron chi connectivity index (χ1n) is 6.02. The molecular weight excluding hydrogens is 238 g/mol. The molecule has 0 atom stereocenters. The average Bonchev–Trinajstić information content (AvgIpc) is 2.39. The van der Waals surface area contributed by atoms with Gasteiger partial charge in [-0.05, 0) is 30.7 Å². The quantitative estimate of drug-likeness (QED) is 0.721. The maximum absolute atomic E-state index is 12.1. The van der Waals surface area contributed by atoms with E-state index in [0.29, 0.717) is 0 Å². The van der Waals surface area contributed by atoms with Crippen molar-refractivity contribution in [3.63, 3.8) is 0 Å².